The van der Waals surface area contributed by atoms with Crippen LogP contribution >= 0.6 is 0 Å². The van der Waals surface area contributed by atoms with Gasteiger partial charge in [-0.1, -0.05) is 41.5 Å². The van der Waals surface area contributed by atoms with E-state index in [-0.39, 0.29) is 6.04 Å². The van der Waals surface area contributed by atoms with Crippen LogP contribution in [0.15, 0.2) is 24.3 Å². The van der Waals surface area contributed by atoms with Crippen LogP contribution in [0.1, 0.15) is 42.4 Å². The number of nitrogens with zero attached hydrogens (tertiary/aromatic N) is 1. The summed E-state index contributed by atoms with van der Waals surface area (Å²) in [4.78, 5) is 14.5. The summed E-state index contributed by atoms with van der Waals surface area (Å²) in [5, 5.41) is 3.32. The number of carbonyl (C=O) groups is 1. The molecule has 3 rings (SSSR count). The second kappa shape index (κ2) is 7.31. The van der Waals surface area contributed by atoms with Gasteiger partial charge in [-0.2, -0.15) is 0 Å². The van der Waals surface area contributed by atoms with Crippen LogP contribution < -0.4 is 5.32 Å². The molecule has 0 spiro atoms. The number of hydrogen-bond acceptors (Lipinski definition) is 2. The average molecular weight is 312 g/mol. The molecule has 0 bridgehead atoms. The topological polar surface area (TPSA) is 32.3 Å². The average Bonchev–Trinajstić information content (AvgIpc) is 3.06. The van der Waals surface area contributed by atoms with Crippen LogP contribution in [-0.4, -0.2) is 36.5 Å². The van der Waals surface area contributed by atoms with Crippen LogP contribution in [0.4, 0.5) is 0 Å². The van der Waals surface area contributed by atoms with Crippen molar-refractivity contribution in [1.29, 1.82) is 0 Å². The van der Waals surface area contributed by atoms with Crippen molar-refractivity contribution in [3.8, 4) is 0 Å². The van der Waals surface area contributed by atoms with Crippen molar-refractivity contribution in [3.05, 3.63) is 41.0 Å². The van der Waals surface area contributed by atoms with Gasteiger partial charge in [0, 0.05) is 13.1 Å². The number of amides is 1. The van der Waals surface area contributed by atoms with Gasteiger partial charge in [-0.05, 0) is 57.6 Å². The predicted molar refractivity (Wildman–Crippen MR) is 95.3 cm³/mol. The largest absolute Gasteiger partial charge is 0.341 e. The fourth-order valence-electron chi connectivity index (χ4n) is 3.78. The SMILES string of the molecule is Cc1cc(C)cc(/C=C/C2CCN(C(=O)C3CCCN3)CC2)c1. The fourth-order valence-corrected chi connectivity index (χ4v) is 3.78. The maximum Gasteiger partial charge on any atom is 0.239 e. The standard InChI is InChI=1S/C20H28N2O/c1-15-12-16(2)14-18(13-15)6-5-17-7-10-22(11-8-17)20(23)19-4-3-9-21-19/h5-6,12-14,17,19,21H,3-4,7-11H2,1-2H3/b6-5+. The third-order valence-electron chi connectivity index (χ3n) is 5.01. The van der Waals surface area contributed by atoms with Crippen molar-refractivity contribution < 1.29 is 4.79 Å². The Morgan fingerprint density at radius 2 is 1.83 bits per heavy atom. The maximum absolute atomic E-state index is 12.4. The lowest BCUT2D eigenvalue weighted by atomic mass is 9.94. The van der Waals surface area contributed by atoms with Crippen LogP contribution in [0, 0.1) is 19.8 Å². The number of hydrogen-bond donors (Lipinski definition) is 1. The number of carbonyl (C=O) groups excluding carboxylic acids is 1. The van der Waals surface area contributed by atoms with E-state index in [1.807, 2.05) is 0 Å². The van der Waals surface area contributed by atoms with Gasteiger partial charge in [-0.3, -0.25) is 4.79 Å². The Hall–Kier alpha value is -1.61. The van der Waals surface area contributed by atoms with Gasteiger partial charge >= 0.3 is 0 Å². The van der Waals surface area contributed by atoms with Crippen molar-refractivity contribution in [1.82, 2.24) is 10.2 Å². The molecule has 2 heterocycles. The van der Waals surface area contributed by atoms with E-state index in [9.17, 15) is 4.79 Å². The molecule has 2 saturated heterocycles. The summed E-state index contributed by atoms with van der Waals surface area (Å²) in [7, 11) is 0. The van der Waals surface area contributed by atoms with Gasteiger partial charge in [0.2, 0.25) is 5.91 Å². The Bertz CT molecular complexity index is 559. The zero-order valence-corrected chi connectivity index (χ0v) is 14.3. The van der Waals surface area contributed by atoms with E-state index >= 15 is 0 Å². The lowest BCUT2D eigenvalue weighted by molar-refractivity contribution is -0.134. The van der Waals surface area contributed by atoms with Crippen molar-refractivity contribution >= 4 is 12.0 Å². The molecule has 1 aromatic carbocycles. The van der Waals surface area contributed by atoms with Crippen LogP contribution in [0.25, 0.3) is 6.08 Å². The molecule has 0 aromatic heterocycles. The van der Waals surface area contributed by atoms with Crippen LogP contribution in [0.2, 0.25) is 0 Å². The lowest BCUT2D eigenvalue weighted by Gasteiger charge is -2.32. The van der Waals surface area contributed by atoms with E-state index in [0.717, 1.165) is 45.3 Å². The molecular formula is C20H28N2O. The first-order valence-corrected chi connectivity index (χ1v) is 8.90. The molecule has 0 saturated carbocycles. The van der Waals surface area contributed by atoms with Crippen molar-refractivity contribution in [2.75, 3.05) is 19.6 Å². The second-order valence-electron chi connectivity index (χ2n) is 7.09. The van der Waals surface area contributed by atoms with E-state index < -0.39 is 0 Å². The minimum Gasteiger partial charge on any atom is -0.341 e. The smallest absolute Gasteiger partial charge is 0.239 e. The first-order chi connectivity index (χ1) is 11.1. The van der Waals surface area contributed by atoms with E-state index in [1.54, 1.807) is 0 Å². The Labute approximate surface area is 139 Å². The molecule has 1 N–H and O–H groups in total. The minimum absolute atomic E-state index is 0.0809. The number of nitrogens with one attached hydrogen (secondary N) is 1. The molecule has 3 heteroatoms. The highest BCUT2D eigenvalue weighted by Gasteiger charge is 2.29. The summed E-state index contributed by atoms with van der Waals surface area (Å²) in [6, 6.07) is 6.75. The fraction of sp³-hybridized carbons (Fsp3) is 0.550. The number of allylic oxidation sites excluding steroid dienone is 1. The number of benzene rings is 1. The number of piperidine rings is 1. The molecule has 0 aliphatic carbocycles. The van der Waals surface area contributed by atoms with Gasteiger partial charge in [-0.25, -0.2) is 0 Å². The molecule has 1 atom stereocenters. The second-order valence-corrected chi connectivity index (χ2v) is 7.09. The molecule has 1 unspecified atom stereocenters. The maximum atomic E-state index is 12.4. The van der Waals surface area contributed by atoms with Crippen LogP contribution in [0.3, 0.4) is 0 Å². The summed E-state index contributed by atoms with van der Waals surface area (Å²) < 4.78 is 0. The third kappa shape index (κ3) is 4.23. The molecule has 3 nitrogen and oxygen atoms in total. The summed E-state index contributed by atoms with van der Waals surface area (Å²) in [5.74, 6) is 0.913. The van der Waals surface area contributed by atoms with E-state index in [1.165, 1.54) is 16.7 Å². The quantitative estimate of drug-likeness (QED) is 0.929. The lowest BCUT2D eigenvalue weighted by Crippen LogP contribution is -2.46. The van der Waals surface area contributed by atoms with Crippen LogP contribution in [-0.2, 0) is 4.79 Å². The Morgan fingerprint density at radius 1 is 1.13 bits per heavy atom. The van der Waals surface area contributed by atoms with Crippen molar-refractivity contribution in [2.45, 2.75) is 45.6 Å². The monoisotopic (exact) mass is 312 g/mol. The Kier molecular flexibility index (Phi) is 5.16. The van der Waals surface area contributed by atoms with E-state index in [2.05, 4.69) is 54.4 Å². The van der Waals surface area contributed by atoms with Gasteiger partial charge in [0.15, 0.2) is 0 Å². The highest BCUT2D eigenvalue weighted by atomic mass is 16.2. The molecule has 23 heavy (non-hydrogen) atoms. The molecule has 124 valence electrons. The van der Waals surface area contributed by atoms with Gasteiger partial charge < -0.3 is 10.2 Å². The van der Waals surface area contributed by atoms with E-state index in [4.69, 9.17) is 0 Å². The summed E-state index contributed by atoms with van der Waals surface area (Å²) in [6.45, 7) is 7.08. The summed E-state index contributed by atoms with van der Waals surface area (Å²) in [6.07, 6.45) is 8.89. The van der Waals surface area contributed by atoms with Crippen LogP contribution in [0.5, 0.6) is 0 Å². The highest BCUT2D eigenvalue weighted by Crippen LogP contribution is 2.22. The van der Waals surface area contributed by atoms with Gasteiger partial charge in [0.25, 0.3) is 0 Å². The number of rotatable bonds is 3. The number of aryl methyl sites for hydroxylation is 2. The molecular weight excluding hydrogens is 284 g/mol. The van der Waals surface area contributed by atoms with E-state index in [0.29, 0.717) is 11.8 Å². The first kappa shape index (κ1) is 16.3. The zero-order valence-electron chi connectivity index (χ0n) is 14.3. The minimum atomic E-state index is 0.0809. The number of likely N-dealkylation sites (tertiary alicyclic amines) is 1. The molecule has 2 aliphatic heterocycles. The van der Waals surface area contributed by atoms with Crippen molar-refractivity contribution in [2.24, 2.45) is 5.92 Å². The highest BCUT2D eigenvalue weighted by molar-refractivity contribution is 5.82. The molecule has 2 aliphatic rings. The Balaban J connectivity index is 1.52. The Morgan fingerprint density at radius 3 is 2.43 bits per heavy atom. The van der Waals surface area contributed by atoms with Gasteiger partial charge in [-0.15, -0.1) is 0 Å². The first-order valence-electron chi connectivity index (χ1n) is 8.90. The van der Waals surface area contributed by atoms with Gasteiger partial charge in [0.05, 0.1) is 6.04 Å². The normalized spacial score (nSPS) is 22.9. The predicted octanol–water partition coefficient (Wildman–Crippen LogP) is 3.31. The summed E-state index contributed by atoms with van der Waals surface area (Å²) >= 11 is 0. The van der Waals surface area contributed by atoms with Gasteiger partial charge in [0.1, 0.15) is 0 Å². The molecule has 2 fully saturated rings. The molecule has 0 radical (unpaired) electrons. The third-order valence-corrected chi connectivity index (χ3v) is 5.01. The zero-order chi connectivity index (χ0) is 16.2. The molecule has 1 aromatic rings. The van der Waals surface area contributed by atoms with Crippen molar-refractivity contribution in [3.63, 3.8) is 0 Å². The summed E-state index contributed by atoms with van der Waals surface area (Å²) in [5.41, 5.74) is 3.92. The molecule has 1 amide bonds.